The Kier molecular flexibility index (Phi) is 1.77. The quantitative estimate of drug-likeness (QED) is 0.476. The van der Waals surface area contributed by atoms with E-state index in [1.54, 1.807) is 6.92 Å². The van der Waals surface area contributed by atoms with Gasteiger partial charge in [-0.3, -0.25) is 8.72 Å². The molecule has 1 heterocycles. The summed E-state index contributed by atoms with van der Waals surface area (Å²) in [4.78, 5) is 10.7. The van der Waals surface area contributed by atoms with Crippen molar-refractivity contribution >= 4 is 22.1 Å². The predicted octanol–water partition coefficient (Wildman–Crippen LogP) is 0.136. The first kappa shape index (κ1) is 7.02. The lowest BCUT2D eigenvalue weighted by molar-refractivity contribution is -0.143. The van der Waals surface area contributed by atoms with Gasteiger partial charge in [0.1, 0.15) is 0 Å². The van der Waals surface area contributed by atoms with E-state index in [0.29, 0.717) is 6.54 Å². The van der Waals surface area contributed by atoms with Gasteiger partial charge in [0.2, 0.25) is 5.91 Å². The lowest BCUT2D eigenvalue weighted by atomic mass is 9.97. The Labute approximate surface area is 62.0 Å². The van der Waals surface area contributed by atoms with E-state index in [9.17, 15) is 4.79 Å². The molecule has 0 radical (unpaired) electrons. The van der Waals surface area contributed by atoms with E-state index in [4.69, 9.17) is 5.11 Å². The molecule has 1 amide bonds. The third-order valence-electron chi connectivity index (χ3n) is 1.50. The third-order valence-corrected chi connectivity index (χ3v) is 2.13. The molecule has 1 N–H and O–H groups in total. The van der Waals surface area contributed by atoms with Gasteiger partial charge in [-0.15, -0.1) is 0 Å². The summed E-state index contributed by atoms with van der Waals surface area (Å²) >= 11 is 3.01. The molecular formula is C5H8BrNO2. The smallest absolute Gasteiger partial charge is 0.240 e. The maximum atomic E-state index is 10.7. The predicted molar refractivity (Wildman–Crippen MR) is 35.8 cm³/mol. The second-order valence-corrected chi connectivity index (χ2v) is 3.09. The second-order valence-electron chi connectivity index (χ2n) is 2.23. The Balaban J connectivity index is 2.42. The Morgan fingerprint density at radius 1 is 2.00 bits per heavy atom. The fraction of sp³-hybridized carbons (Fsp3) is 0.800. The van der Waals surface area contributed by atoms with Gasteiger partial charge in [0, 0.05) is 6.54 Å². The minimum absolute atomic E-state index is 0.0231. The van der Waals surface area contributed by atoms with Crippen molar-refractivity contribution in [3.8, 4) is 0 Å². The van der Waals surface area contributed by atoms with Crippen LogP contribution < -0.4 is 0 Å². The average molecular weight is 194 g/mol. The molecule has 0 aromatic rings. The van der Waals surface area contributed by atoms with Crippen LogP contribution in [0.3, 0.4) is 0 Å². The van der Waals surface area contributed by atoms with Gasteiger partial charge in [0.05, 0.1) is 28.2 Å². The van der Waals surface area contributed by atoms with Crippen molar-refractivity contribution in [1.29, 1.82) is 0 Å². The minimum atomic E-state index is -0.508. The molecule has 1 fully saturated rings. The van der Waals surface area contributed by atoms with Crippen LogP contribution in [0.1, 0.15) is 6.92 Å². The van der Waals surface area contributed by atoms with E-state index in [2.05, 4.69) is 16.1 Å². The number of amides is 1. The van der Waals surface area contributed by atoms with E-state index < -0.39 is 6.10 Å². The number of β-lactam (4-membered cyclic amide) rings is 1. The molecule has 1 rings (SSSR count). The lowest BCUT2D eigenvalue weighted by Crippen LogP contribution is -2.51. The Bertz CT molecular complexity index is 137. The number of nitrogens with zero attached hydrogens (tertiary/aromatic N) is 1. The monoisotopic (exact) mass is 193 g/mol. The van der Waals surface area contributed by atoms with Crippen LogP contribution in [0, 0.1) is 5.92 Å². The van der Waals surface area contributed by atoms with Crippen LogP contribution in [0.4, 0.5) is 0 Å². The molecule has 0 aliphatic carbocycles. The highest BCUT2D eigenvalue weighted by molar-refractivity contribution is 9.07. The van der Waals surface area contributed by atoms with Crippen molar-refractivity contribution in [1.82, 2.24) is 3.93 Å². The SMILES string of the molecule is CC(O)C1CN(Br)C1=O. The summed E-state index contributed by atoms with van der Waals surface area (Å²) in [5.74, 6) is -0.200. The molecule has 9 heavy (non-hydrogen) atoms. The van der Waals surface area contributed by atoms with Crippen LogP contribution in [-0.2, 0) is 4.79 Å². The number of halogens is 1. The van der Waals surface area contributed by atoms with Crippen LogP contribution in [0.2, 0.25) is 0 Å². The third kappa shape index (κ3) is 1.09. The highest BCUT2D eigenvalue weighted by Crippen LogP contribution is 2.23. The fourth-order valence-corrected chi connectivity index (χ4v) is 1.34. The van der Waals surface area contributed by atoms with Gasteiger partial charge in [-0.05, 0) is 6.92 Å². The molecule has 1 saturated heterocycles. The van der Waals surface area contributed by atoms with Crippen molar-refractivity contribution in [2.75, 3.05) is 6.54 Å². The number of rotatable bonds is 1. The number of hydrogen-bond donors (Lipinski definition) is 1. The minimum Gasteiger partial charge on any atom is -0.393 e. The van der Waals surface area contributed by atoms with E-state index >= 15 is 0 Å². The molecule has 2 unspecified atom stereocenters. The van der Waals surface area contributed by atoms with E-state index in [-0.39, 0.29) is 11.8 Å². The summed E-state index contributed by atoms with van der Waals surface area (Å²) in [6, 6.07) is 0. The van der Waals surface area contributed by atoms with Crippen LogP contribution >= 0.6 is 16.1 Å². The van der Waals surface area contributed by atoms with Crippen LogP contribution in [0.5, 0.6) is 0 Å². The molecule has 3 nitrogen and oxygen atoms in total. The Morgan fingerprint density at radius 3 is 2.67 bits per heavy atom. The number of aliphatic hydroxyl groups is 1. The normalized spacial score (nSPS) is 29.9. The number of hydrogen-bond acceptors (Lipinski definition) is 2. The molecular weight excluding hydrogens is 186 g/mol. The molecule has 0 aromatic carbocycles. The molecule has 0 bridgehead atoms. The van der Waals surface area contributed by atoms with Crippen LogP contribution in [0.25, 0.3) is 0 Å². The first-order chi connectivity index (χ1) is 4.13. The zero-order valence-electron chi connectivity index (χ0n) is 5.04. The van der Waals surface area contributed by atoms with E-state index in [1.165, 1.54) is 3.93 Å². The molecule has 4 heteroatoms. The van der Waals surface area contributed by atoms with Crippen molar-refractivity contribution < 1.29 is 9.90 Å². The molecule has 0 saturated carbocycles. The van der Waals surface area contributed by atoms with Crippen LogP contribution in [0.15, 0.2) is 0 Å². The lowest BCUT2D eigenvalue weighted by Gasteiger charge is -2.34. The standard InChI is InChI=1S/C5H8BrNO2/c1-3(8)4-2-7(6)5(4)9/h3-4,8H,2H2,1H3. The molecule has 1 aliphatic rings. The van der Waals surface area contributed by atoms with Gasteiger partial charge in [0.15, 0.2) is 0 Å². The van der Waals surface area contributed by atoms with Crippen molar-refractivity contribution in [2.24, 2.45) is 5.92 Å². The number of carbonyl (C=O) groups excluding carboxylic acids is 1. The fourth-order valence-electron chi connectivity index (χ4n) is 0.767. The van der Waals surface area contributed by atoms with Gasteiger partial charge in [-0.25, -0.2) is 0 Å². The maximum absolute atomic E-state index is 10.7. The summed E-state index contributed by atoms with van der Waals surface area (Å²) < 4.78 is 1.42. The molecule has 1 aliphatic heterocycles. The Hall–Kier alpha value is -0.0900. The summed E-state index contributed by atoms with van der Waals surface area (Å²) in [5, 5.41) is 8.89. The van der Waals surface area contributed by atoms with E-state index in [1.807, 2.05) is 0 Å². The first-order valence-electron chi connectivity index (χ1n) is 2.78. The zero-order valence-corrected chi connectivity index (χ0v) is 6.63. The topological polar surface area (TPSA) is 40.5 Å². The number of aliphatic hydroxyl groups excluding tert-OH is 1. The summed E-state index contributed by atoms with van der Waals surface area (Å²) in [6.07, 6.45) is -0.508. The van der Waals surface area contributed by atoms with Gasteiger partial charge < -0.3 is 5.11 Å². The molecule has 0 aromatic heterocycles. The molecule has 52 valence electrons. The van der Waals surface area contributed by atoms with Gasteiger partial charge >= 0.3 is 0 Å². The first-order valence-corrected chi connectivity index (χ1v) is 3.49. The van der Waals surface area contributed by atoms with Gasteiger partial charge in [-0.2, -0.15) is 0 Å². The molecule has 0 spiro atoms. The number of carbonyl (C=O) groups is 1. The average Bonchev–Trinajstić information content (AvgIpc) is 1.81. The maximum Gasteiger partial charge on any atom is 0.240 e. The van der Waals surface area contributed by atoms with Gasteiger partial charge in [0.25, 0.3) is 0 Å². The van der Waals surface area contributed by atoms with Gasteiger partial charge in [-0.1, -0.05) is 0 Å². The van der Waals surface area contributed by atoms with Crippen molar-refractivity contribution in [2.45, 2.75) is 13.0 Å². The van der Waals surface area contributed by atoms with E-state index in [0.717, 1.165) is 0 Å². The largest absolute Gasteiger partial charge is 0.393 e. The second kappa shape index (κ2) is 2.27. The van der Waals surface area contributed by atoms with Crippen molar-refractivity contribution in [3.63, 3.8) is 0 Å². The van der Waals surface area contributed by atoms with Crippen LogP contribution in [-0.4, -0.2) is 27.6 Å². The highest BCUT2D eigenvalue weighted by atomic mass is 79.9. The summed E-state index contributed by atoms with van der Waals surface area (Å²) in [5.41, 5.74) is 0. The highest BCUT2D eigenvalue weighted by Gasteiger charge is 2.38. The zero-order chi connectivity index (χ0) is 7.02. The summed E-state index contributed by atoms with van der Waals surface area (Å²) in [7, 11) is 0. The summed E-state index contributed by atoms with van der Waals surface area (Å²) in [6.45, 7) is 2.25. The molecule has 2 atom stereocenters. The van der Waals surface area contributed by atoms with Crippen molar-refractivity contribution in [3.05, 3.63) is 0 Å². The Morgan fingerprint density at radius 2 is 2.56 bits per heavy atom.